The molecule has 7 heteroatoms. The molecule has 0 aliphatic carbocycles. The van der Waals surface area contributed by atoms with Crippen LogP contribution in [0, 0.1) is 0 Å². The Kier molecular flexibility index (Phi) is 5.45. The normalized spacial score (nSPS) is 37.0. The summed E-state index contributed by atoms with van der Waals surface area (Å²) in [6.07, 6.45) is 0. The average Bonchev–Trinajstić information content (AvgIpc) is 3.10. The molecule has 0 saturated carbocycles. The van der Waals surface area contributed by atoms with Crippen LogP contribution in [0.25, 0.3) is 0 Å². The Morgan fingerprint density at radius 3 is 2.86 bits per heavy atom. The topological polar surface area (TPSA) is 51.0 Å². The smallest absolute Gasteiger partial charge is 0.232 e. The number of thioether (sulfide) groups is 3. The van der Waals surface area contributed by atoms with Gasteiger partial charge in [0.25, 0.3) is 0 Å². The second-order valence-corrected chi connectivity index (χ2v) is 9.74. The number of nitrogens with one attached hydrogen (secondary N) is 1. The first-order chi connectivity index (χ1) is 10.2. The largest absolute Gasteiger partial charge is 0.339 e. The van der Waals surface area contributed by atoms with Gasteiger partial charge in [-0.2, -0.15) is 28.5 Å². The van der Waals surface area contributed by atoms with E-state index in [1.165, 1.54) is 0 Å². The highest BCUT2D eigenvalue weighted by molar-refractivity contribution is 8.07. The maximum absolute atomic E-state index is 5.60. The van der Waals surface area contributed by atoms with Gasteiger partial charge in [-0.25, -0.2) is 0 Å². The predicted octanol–water partition coefficient (Wildman–Crippen LogP) is 3.18. The van der Waals surface area contributed by atoms with Gasteiger partial charge in [0.2, 0.25) is 5.89 Å². The molecule has 1 aromatic rings. The molecule has 5 unspecified atom stereocenters. The molecule has 5 atom stereocenters. The summed E-state index contributed by atoms with van der Waals surface area (Å²) in [5, 5.41) is 9.55. The average molecular weight is 346 g/mol. The van der Waals surface area contributed by atoms with Gasteiger partial charge >= 0.3 is 0 Å². The van der Waals surface area contributed by atoms with Gasteiger partial charge < -0.3 is 9.84 Å². The van der Waals surface area contributed by atoms with E-state index < -0.39 is 0 Å². The van der Waals surface area contributed by atoms with Crippen LogP contribution in [0.1, 0.15) is 43.7 Å². The maximum Gasteiger partial charge on any atom is 0.232 e. The monoisotopic (exact) mass is 345 g/mol. The quantitative estimate of drug-likeness (QED) is 0.899. The van der Waals surface area contributed by atoms with E-state index in [-0.39, 0.29) is 0 Å². The van der Waals surface area contributed by atoms with Gasteiger partial charge in [-0.05, 0) is 6.54 Å². The molecule has 0 amide bonds. The van der Waals surface area contributed by atoms with Gasteiger partial charge in [0, 0.05) is 33.8 Å². The fraction of sp³-hybridized carbons (Fsp3) is 0.857. The molecule has 0 aromatic carbocycles. The van der Waals surface area contributed by atoms with Crippen LogP contribution in [0.2, 0.25) is 0 Å². The summed E-state index contributed by atoms with van der Waals surface area (Å²) in [4.78, 5) is 4.74. The Bertz CT molecular complexity index is 470. The van der Waals surface area contributed by atoms with Crippen molar-refractivity contribution in [1.82, 2.24) is 15.5 Å². The molecule has 2 fully saturated rings. The van der Waals surface area contributed by atoms with Crippen LogP contribution >= 0.6 is 35.3 Å². The molecule has 0 radical (unpaired) electrons. The van der Waals surface area contributed by atoms with E-state index >= 15 is 0 Å². The van der Waals surface area contributed by atoms with Crippen molar-refractivity contribution in [1.29, 1.82) is 0 Å². The lowest BCUT2D eigenvalue weighted by Crippen LogP contribution is -2.34. The lowest BCUT2D eigenvalue weighted by Gasteiger charge is -2.29. The van der Waals surface area contributed by atoms with E-state index in [1.807, 2.05) is 35.3 Å². The minimum atomic E-state index is 0.369. The zero-order valence-electron chi connectivity index (χ0n) is 12.7. The first-order valence-electron chi connectivity index (χ1n) is 7.60. The van der Waals surface area contributed by atoms with Crippen LogP contribution in [0.15, 0.2) is 4.52 Å². The third kappa shape index (κ3) is 3.57. The molecular formula is C14H23N3OS3. The summed E-state index contributed by atoms with van der Waals surface area (Å²) in [5.41, 5.74) is 0. The lowest BCUT2D eigenvalue weighted by atomic mass is 10.0. The van der Waals surface area contributed by atoms with E-state index in [0.717, 1.165) is 35.5 Å². The molecular weight excluding hydrogens is 322 g/mol. The fourth-order valence-electron chi connectivity index (χ4n) is 2.71. The van der Waals surface area contributed by atoms with Crippen LogP contribution < -0.4 is 5.32 Å². The van der Waals surface area contributed by atoms with Crippen molar-refractivity contribution in [3.05, 3.63) is 11.7 Å². The molecule has 1 N–H and O–H groups in total. The van der Waals surface area contributed by atoms with E-state index in [4.69, 9.17) is 9.51 Å². The Morgan fingerprint density at radius 1 is 1.24 bits per heavy atom. The second-order valence-electron chi connectivity index (χ2n) is 5.67. The third-order valence-electron chi connectivity index (χ3n) is 4.16. The molecule has 0 spiro atoms. The highest BCUT2D eigenvalue weighted by Crippen LogP contribution is 2.43. The van der Waals surface area contributed by atoms with E-state index in [1.54, 1.807) is 0 Å². The van der Waals surface area contributed by atoms with Gasteiger partial charge in [-0.1, -0.05) is 25.9 Å². The SMILES string of the molecule is CCNC1CSCC1c1nc(C2CSC(C)C(C)S2)no1. The molecule has 21 heavy (non-hydrogen) atoms. The highest BCUT2D eigenvalue weighted by atomic mass is 32.2. The van der Waals surface area contributed by atoms with Gasteiger partial charge in [0.15, 0.2) is 5.82 Å². The minimum Gasteiger partial charge on any atom is -0.339 e. The van der Waals surface area contributed by atoms with Crippen LogP contribution in [0.5, 0.6) is 0 Å². The summed E-state index contributed by atoms with van der Waals surface area (Å²) < 4.78 is 5.60. The number of hydrogen-bond acceptors (Lipinski definition) is 7. The Balaban J connectivity index is 1.68. The molecule has 1 aromatic heterocycles. The standard InChI is InChI=1S/C14H23N3OS3/c1-4-15-11-6-19-5-10(11)14-16-13(17-18-14)12-7-20-8(2)9(3)21-12/h8-12,15H,4-7H2,1-3H3. The molecule has 2 saturated heterocycles. The minimum absolute atomic E-state index is 0.369. The number of likely N-dealkylation sites (N-methyl/N-ethyl adjacent to an activating group) is 1. The summed E-state index contributed by atoms with van der Waals surface area (Å²) in [5.74, 6) is 5.41. The van der Waals surface area contributed by atoms with Crippen molar-refractivity contribution < 1.29 is 4.52 Å². The van der Waals surface area contributed by atoms with Crippen LogP contribution in [-0.4, -0.2) is 50.5 Å². The number of aromatic nitrogens is 2. The molecule has 4 nitrogen and oxygen atoms in total. The van der Waals surface area contributed by atoms with Crippen LogP contribution in [0.4, 0.5) is 0 Å². The van der Waals surface area contributed by atoms with E-state index in [9.17, 15) is 0 Å². The van der Waals surface area contributed by atoms with Gasteiger partial charge in [0.1, 0.15) is 0 Å². The van der Waals surface area contributed by atoms with Crippen molar-refractivity contribution >= 4 is 35.3 Å². The van der Waals surface area contributed by atoms with E-state index in [2.05, 4.69) is 31.2 Å². The summed E-state index contributed by atoms with van der Waals surface area (Å²) >= 11 is 5.98. The van der Waals surface area contributed by atoms with Crippen molar-refractivity contribution in [2.75, 3.05) is 23.8 Å². The first-order valence-corrected chi connectivity index (χ1v) is 10.7. The summed E-state index contributed by atoms with van der Waals surface area (Å²) in [6.45, 7) is 7.74. The Hall–Kier alpha value is 0.150. The Labute approximate surface area is 139 Å². The molecule has 2 aliphatic heterocycles. The van der Waals surface area contributed by atoms with E-state index in [0.29, 0.717) is 27.7 Å². The van der Waals surface area contributed by atoms with Gasteiger partial charge in [-0.3, -0.25) is 0 Å². The number of nitrogens with zero attached hydrogens (tertiary/aromatic N) is 2. The Morgan fingerprint density at radius 2 is 2.10 bits per heavy atom. The maximum atomic E-state index is 5.60. The van der Waals surface area contributed by atoms with Crippen molar-refractivity contribution in [2.45, 2.75) is 48.5 Å². The van der Waals surface area contributed by atoms with Gasteiger partial charge in [-0.15, -0.1) is 11.8 Å². The summed E-state index contributed by atoms with van der Waals surface area (Å²) in [6, 6.07) is 0.473. The lowest BCUT2D eigenvalue weighted by molar-refractivity contribution is 0.337. The van der Waals surface area contributed by atoms with Crippen LogP contribution in [-0.2, 0) is 0 Å². The molecule has 3 rings (SSSR count). The fourth-order valence-corrected chi connectivity index (χ4v) is 6.91. The predicted molar refractivity (Wildman–Crippen MR) is 93.5 cm³/mol. The first kappa shape index (κ1) is 16.0. The second kappa shape index (κ2) is 7.15. The summed E-state index contributed by atoms with van der Waals surface area (Å²) in [7, 11) is 0. The van der Waals surface area contributed by atoms with Crippen molar-refractivity contribution in [2.24, 2.45) is 0 Å². The van der Waals surface area contributed by atoms with Crippen molar-refractivity contribution in [3.63, 3.8) is 0 Å². The number of hydrogen-bond donors (Lipinski definition) is 1. The van der Waals surface area contributed by atoms with Crippen LogP contribution in [0.3, 0.4) is 0 Å². The highest BCUT2D eigenvalue weighted by Gasteiger charge is 2.35. The van der Waals surface area contributed by atoms with Gasteiger partial charge in [0.05, 0.1) is 11.2 Å². The molecule has 118 valence electrons. The van der Waals surface area contributed by atoms with Crippen molar-refractivity contribution in [3.8, 4) is 0 Å². The zero-order valence-corrected chi connectivity index (χ0v) is 15.2. The number of rotatable bonds is 4. The molecule has 3 heterocycles. The zero-order chi connectivity index (χ0) is 14.8. The molecule has 0 bridgehead atoms. The third-order valence-corrected chi connectivity index (χ3v) is 8.74. The molecule has 2 aliphatic rings.